The highest BCUT2D eigenvalue weighted by molar-refractivity contribution is 5.97. The zero-order chi connectivity index (χ0) is 16.4. The van der Waals surface area contributed by atoms with Gasteiger partial charge in [-0.3, -0.25) is 4.79 Å². The number of nitrogens with one attached hydrogen (secondary N) is 1. The molecular formula is C18H30N2O2. The van der Waals surface area contributed by atoms with Crippen LogP contribution in [-0.2, 0) is 0 Å². The lowest BCUT2D eigenvalue weighted by molar-refractivity contribution is 0.0933. The number of hydrogen-bond donors (Lipinski definition) is 1. The van der Waals surface area contributed by atoms with E-state index in [1.807, 2.05) is 31.2 Å². The van der Waals surface area contributed by atoms with Gasteiger partial charge in [0.1, 0.15) is 5.75 Å². The van der Waals surface area contributed by atoms with Crippen molar-refractivity contribution in [3.8, 4) is 5.75 Å². The Morgan fingerprint density at radius 2 is 1.91 bits per heavy atom. The summed E-state index contributed by atoms with van der Waals surface area (Å²) in [6.45, 7) is 12.1. The average molecular weight is 306 g/mol. The van der Waals surface area contributed by atoms with Crippen molar-refractivity contribution >= 4 is 5.91 Å². The van der Waals surface area contributed by atoms with Crippen LogP contribution in [0, 0.1) is 0 Å². The average Bonchev–Trinajstić information content (AvgIpc) is 2.52. The molecule has 0 aliphatic heterocycles. The number of amides is 1. The lowest BCUT2D eigenvalue weighted by Crippen LogP contribution is -2.34. The van der Waals surface area contributed by atoms with Crippen molar-refractivity contribution in [2.45, 2.75) is 46.6 Å². The van der Waals surface area contributed by atoms with Crippen LogP contribution in [0.1, 0.15) is 50.9 Å². The van der Waals surface area contributed by atoms with Crippen molar-refractivity contribution in [1.29, 1.82) is 0 Å². The van der Waals surface area contributed by atoms with Gasteiger partial charge in [-0.15, -0.1) is 0 Å². The molecule has 124 valence electrons. The van der Waals surface area contributed by atoms with Crippen LogP contribution in [0.15, 0.2) is 24.3 Å². The van der Waals surface area contributed by atoms with E-state index >= 15 is 0 Å². The van der Waals surface area contributed by atoms with E-state index in [4.69, 9.17) is 4.74 Å². The second-order valence-corrected chi connectivity index (χ2v) is 5.47. The summed E-state index contributed by atoms with van der Waals surface area (Å²) in [5, 5.41) is 3.07. The van der Waals surface area contributed by atoms with Gasteiger partial charge in [0.05, 0.1) is 12.2 Å². The minimum atomic E-state index is -0.0561. The Labute approximate surface area is 134 Å². The van der Waals surface area contributed by atoms with E-state index in [9.17, 15) is 4.79 Å². The van der Waals surface area contributed by atoms with Gasteiger partial charge in [0.25, 0.3) is 5.91 Å². The molecule has 4 nitrogen and oxygen atoms in total. The fraction of sp³-hybridized carbons (Fsp3) is 0.611. The number of hydrogen-bond acceptors (Lipinski definition) is 3. The van der Waals surface area contributed by atoms with Crippen LogP contribution in [0.4, 0.5) is 0 Å². The Morgan fingerprint density at radius 1 is 1.23 bits per heavy atom. The monoisotopic (exact) mass is 306 g/mol. The maximum atomic E-state index is 12.4. The van der Waals surface area contributed by atoms with E-state index in [1.54, 1.807) is 0 Å². The molecule has 0 radical (unpaired) electrons. The molecule has 0 aromatic heterocycles. The molecule has 1 aromatic carbocycles. The van der Waals surface area contributed by atoms with Crippen LogP contribution < -0.4 is 10.1 Å². The number of carbonyl (C=O) groups excluding carboxylic acids is 1. The van der Waals surface area contributed by atoms with Crippen LogP contribution in [0.5, 0.6) is 5.75 Å². The van der Waals surface area contributed by atoms with Crippen molar-refractivity contribution in [1.82, 2.24) is 10.2 Å². The molecule has 0 saturated heterocycles. The molecule has 1 aromatic rings. The summed E-state index contributed by atoms with van der Waals surface area (Å²) in [7, 11) is 0. The van der Waals surface area contributed by atoms with E-state index < -0.39 is 0 Å². The number of ether oxygens (including phenoxy) is 1. The predicted molar refractivity (Wildman–Crippen MR) is 91.6 cm³/mol. The van der Waals surface area contributed by atoms with E-state index in [0.717, 1.165) is 32.5 Å². The van der Waals surface area contributed by atoms with Gasteiger partial charge in [-0.05, 0) is 58.5 Å². The standard InChI is InChI=1S/C18H30N2O2/c1-5-20(6-2)14-10-11-15(4)19-18(21)16-12-8-9-13-17(16)22-7-3/h8-9,12-13,15H,5-7,10-11,14H2,1-4H3,(H,19,21)/t15-/m1/s1. The summed E-state index contributed by atoms with van der Waals surface area (Å²) in [4.78, 5) is 14.8. The van der Waals surface area contributed by atoms with Gasteiger partial charge in [-0.25, -0.2) is 0 Å². The predicted octanol–water partition coefficient (Wildman–Crippen LogP) is 3.33. The van der Waals surface area contributed by atoms with Gasteiger partial charge in [0, 0.05) is 6.04 Å². The second-order valence-electron chi connectivity index (χ2n) is 5.47. The SMILES string of the molecule is CCOc1ccccc1C(=O)N[C@H](C)CCCN(CC)CC. The first-order valence-electron chi connectivity index (χ1n) is 8.37. The molecule has 0 bridgehead atoms. The Morgan fingerprint density at radius 3 is 2.55 bits per heavy atom. The van der Waals surface area contributed by atoms with E-state index in [2.05, 4.69) is 31.0 Å². The van der Waals surface area contributed by atoms with Gasteiger partial charge < -0.3 is 15.0 Å². The maximum Gasteiger partial charge on any atom is 0.255 e. The van der Waals surface area contributed by atoms with Crippen LogP contribution >= 0.6 is 0 Å². The third kappa shape index (κ3) is 6.06. The fourth-order valence-corrected chi connectivity index (χ4v) is 2.47. The first-order chi connectivity index (χ1) is 10.6. The normalized spacial score (nSPS) is 12.2. The second kappa shape index (κ2) is 10.2. The smallest absolute Gasteiger partial charge is 0.255 e. The fourth-order valence-electron chi connectivity index (χ4n) is 2.47. The number of nitrogens with zero attached hydrogens (tertiary/aromatic N) is 1. The van der Waals surface area contributed by atoms with E-state index in [0.29, 0.717) is 17.9 Å². The van der Waals surface area contributed by atoms with E-state index in [-0.39, 0.29) is 11.9 Å². The van der Waals surface area contributed by atoms with Crippen molar-refractivity contribution in [2.75, 3.05) is 26.2 Å². The third-order valence-electron chi connectivity index (χ3n) is 3.81. The topological polar surface area (TPSA) is 41.6 Å². The molecule has 0 saturated carbocycles. The molecule has 0 fully saturated rings. The number of para-hydroxylation sites is 1. The van der Waals surface area contributed by atoms with Gasteiger partial charge in [0.15, 0.2) is 0 Å². The molecule has 1 atom stereocenters. The van der Waals surface area contributed by atoms with Crippen LogP contribution in [-0.4, -0.2) is 43.1 Å². The maximum absolute atomic E-state index is 12.4. The lowest BCUT2D eigenvalue weighted by Gasteiger charge is -2.20. The Kier molecular flexibility index (Phi) is 8.60. The summed E-state index contributed by atoms with van der Waals surface area (Å²) in [5.74, 6) is 0.595. The summed E-state index contributed by atoms with van der Waals surface area (Å²) >= 11 is 0. The number of carbonyl (C=O) groups is 1. The molecule has 1 rings (SSSR count). The molecular weight excluding hydrogens is 276 g/mol. The highest BCUT2D eigenvalue weighted by atomic mass is 16.5. The molecule has 22 heavy (non-hydrogen) atoms. The first kappa shape index (κ1) is 18.5. The molecule has 0 spiro atoms. The van der Waals surface area contributed by atoms with Gasteiger partial charge in [-0.2, -0.15) is 0 Å². The molecule has 1 amide bonds. The molecule has 0 aliphatic rings. The minimum absolute atomic E-state index is 0.0561. The Balaban J connectivity index is 2.47. The highest BCUT2D eigenvalue weighted by Gasteiger charge is 2.14. The minimum Gasteiger partial charge on any atom is -0.493 e. The Hall–Kier alpha value is -1.55. The summed E-state index contributed by atoms with van der Waals surface area (Å²) in [6, 6.07) is 7.56. The highest BCUT2D eigenvalue weighted by Crippen LogP contribution is 2.18. The van der Waals surface area contributed by atoms with Gasteiger partial charge >= 0.3 is 0 Å². The van der Waals surface area contributed by atoms with Crippen molar-refractivity contribution < 1.29 is 9.53 Å². The van der Waals surface area contributed by atoms with Crippen molar-refractivity contribution in [3.63, 3.8) is 0 Å². The van der Waals surface area contributed by atoms with Crippen LogP contribution in [0.25, 0.3) is 0 Å². The molecule has 0 unspecified atom stereocenters. The molecule has 0 heterocycles. The molecule has 0 aliphatic carbocycles. The third-order valence-corrected chi connectivity index (χ3v) is 3.81. The molecule has 1 N–H and O–H groups in total. The van der Waals surface area contributed by atoms with Gasteiger partial charge in [-0.1, -0.05) is 26.0 Å². The Bertz CT molecular complexity index is 444. The summed E-state index contributed by atoms with van der Waals surface area (Å²) in [5.41, 5.74) is 0.611. The van der Waals surface area contributed by atoms with E-state index in [1.165, 1.54) is 0 Å². The molecule has 4 heteroatoms. The zero-order valence-electron chi connectivity index (χ0n) is 14.4. The number of benzene rings is 1. The van der Waals surface area contributed by atoms with Gasteiger partial charge in [0.2, 0.25) is 0 Å². The largest absolute Gasteiger partial charge is 0.493 e. The zero-order valence-corrected chi connectivity index (χ0v) is 14.4. The summed E-state index contributed by atoms with van der Waals surface area (Å²) in [6.07, 6.45) is 2.08. The summed E-state index contributed by atoms with van der Waals surface area (Å²) < 4.78 is 5.51. The van der Waals surface area contributed by atoms with Crippen LogP contribution in [0.3, 0.4) is 0 Å². The quantitative estimate of drug-likeness (QED) is 0.721. The van der Waals surface area contributed by atoms with Crippen LogP contribution in [0.2, 0.25) is 0 Å². The first-order valence-corrected chi connectivity index (χ1v) is 8.37. The lowest BCUT2D eigenvalue weighted by atomic mass is 10.1. The number of rotatable bonds is 10. The van der Waals surface area contributed by atoms with Crippen molar-refractivity contribution in [2.24, 2.45) is 0 Å². The van der Waals surface area contributed by atoms with Crippen molar-refractivity contribution in [3.05, 3.63) is 29.8 Å².